The van der Waals surface area contributed by atoms with Gasteiger partial charge in [0.25, 0.3) is 0 Å². The fourth-order valence-corrected chi connectivity index (χ4v) is 3.42. The topological polar surface area (TPSA) is 77.1 Å². The van der Waals surface area contributed by atoms with Crippen LogP contribution >= 0.6 is 23.2 Å². The maximum absolute atomic E-state index is 13.2. The van der Waals surface area contributed by atoms with Crippen molar-refractivity contribution >= 4 is 34.8 Å². The zero-order chi connectivity index (χ0) is 21.1. The van der Waals surface area contributed by atoms with E-state index in [-0.39, 0.29) is 12.2 Å². The molecule has 0 bridgehead atoms. The molecule has 0 saturated heterocycles. The summed E-state index contributed by atoms with van der Waals surface area (Å²) in [4.78, 5) is 17.3. The summed E-state index contributed by atoms with van der Waals surface area (Å²) in [5.41, 5.74) is 0.948. The molecule has 4 rings (SSSR count). The highest BCUT2D eigenvalue weighted by molar-refractivity contribution is 6.33. The average molecular weight is 439 g/mol. The van der Waals surface area contributed by atoms with E-state index in [0.29, 0.717) is 21.4 Å². The fraction of sp³-hybridized carbons (Fsp3) is 0.0455. The van der Waals surface area contributed by atoms with Gasteiger partial charge in [0, 0.05) is 5.90 Å². The fourth-order valence-electron chi connectivity index (χ4n) is 3.03. The van der Waals surface area contributed by atoms with Crippen LogP contribution in [0.3, 0.4) is 0 Å². The Balaban J connectivity index is 1.88. The van der Waals surface area contributed by atoms with Crippen LogP contribution in [0.2, 0.25) is 10.0 Å². The molecule has 6 nitrogen and oxygen atoms in total. The smallest absolute Gasteiger partial charge is 0.406 e. The predicted octanol–water partition coefficient (Wildman–Crippen LogP) is 3.25. The molecule has 1 aromatic heterocycles. The zero-order valence-electron chi connectivity index (χ0n) is 15.6. The monoisotopic (exact) mass is 438 g/mol. The Bertz CT molecular complexity index is 1280. The van der Waals surface area contributed by atoms with Crippen molar-refractivity contribution in [2.24, 2.45) is 4.99 Å². The number of nitrogens with one attached hydrogen (secondary N) is 1. The van der Waals surface area contributed by atoms with E-state index < -0.39 is 11.5 Å². The highest BCUT2D eigenvalue weighted by atomic mass is 35.5. The predicted molar refractivity (Wildman–Crippen MR) is 115 cm³/mol. The molecule has 3 aromatic carbocycles. The van der Waals surface area contributed by atoms with Crippen molar-refractivity contribution in [1.29, 1.82) is 0 Å². The van der Waals surface area contributed by atoms with Gasteiger partial charge in [-0.05, 0) is 29.8 Å². The van der Waals surface area contributed by atoms with E-state index in [4.69, 9.17) is 23.2 Å². The standard InChI is InChI=1S/C22H16Cl2N4O2/c23-16-10-4-6-12-18(16)25-21(29)20-22(30)28(19-13-7-5-11-17(19)24)26-27(20)14-15-8-2-1-3-9-15/h1-13H,14H2,(H-,25,26,29,30). The van der Waals surface area contributed by atoms with Crippen molar-refractivity contribution in [1.82, 2.24) is 9.90 Å². The summed E-state index contributed by atoms with van der Waals surface area (Å²) in [7, 11) is 0. The summed E-state index contributed by atoms with van der Waals surface area (Å²) in [6.07, 6.45) is 0. The number of halogens is 2. The third-order valence-corrected chi connectivity index (χ3v) is 5.09. The molecule has 1 N–H and O–H groups in total. The van der Waals surface area contributed by atoms with Crippen LogP contribution in [-0.4, -0.2) is 15.8 Å². The highest BCUT2D eigenvalue weighted by Crippen LogP contribution is 2.24. The molecular weight excluding hydrogens is 423 g/mol. The number of nitrogens with zero attached hydrogens (tertiary/aromatic N) is 3. The first kappa shape index (κ1) is 19.9. The summed E-state index contributed by atoms with van der Waals surface area (Å²) >= 11 is 12.4. The largest absolute Gasteiger partial charge is 0.855 e. The Hall–Kier alpha value is -3.35. The van der Waals surface area contributed by atoms with E-state index in [1.807, 2.05) is 30.3 Å². The molecule has 150 valence electrons. The Kier molecular flexibility index (Phi) is 5.70. The zero-order valence-corrected chi connectivity index (χ0v) is 17.1. The minimum absolute atomic E-state index is 0.126. The summed E-state index contributed by atoms with van der Waals surface area (Å²) in [5, 5.41) is 16.7. The first-order chi connectivity index (χ1) is 14.5. The highest BCUT2D eigenvalue weighted by Gasteiger charge is 2.25. The quantitative estimate of drug-likeness (QED) is 0.295. The lowest BCUT2D eigenvalue weighted by atomic mass is 10.2. The van der Waals surface area contributed by atoms with Crippen molar-refractivity contribution < 1.29 is 9.79 Å². The van der Waals surface area contributed by atoms with Crippen LogP contribution < -0.4 is 15.3 Å². The first-order valence-corrected chi connectivity index (χ1v) is 9.84. The van der Waals surface area contributed by atoms with E-state index in [1.165, 1.54) is 9.36 Å². The molecule has 30 heavy (non-hydrogen) atoms. The molecule has 0 fully saturated rings. The molecule has 0 atom stereocenters. The Morgan fingerprint density at radius 1 is 0.933 bits per heavy atom. The van der Waals surface area contributed by atoms with Gasteiger partial charge in [0.05, 0.1) is 15.7 Å². The molecule has 0 amide bonds. The normalized spacial score (nSPS) is 11.6. The minimum atomic E-state index is -0.703. The average Bonchev–Trinajstić information content (AvgIpc) is 3.06. The molecule has 0 unspecified atom stereocenters. The van der Waals surface area contributed by atoms with Gasteiger partial charge in [0.1, 0.15) is 6.54 Å². The number of benzene rings is 3. The van der Waals surface area contributed by atoms with Gasteiger partial charge in [-0.1, -0.05) is 87.7 Å². The van der Waals surface area contributed by atoms with Gasteiger partial charge in [0.2, 0.25) is 5.69 Å². The number of aromatic amines is 1. The van der Waals surface area contributed by atoms with E-state index in [1.54, 1.807) is 48.5 Å². The summed E-state index contributed by atoms with van der Waals surface area (Å²) < 4.78 is 2.70. The van der Waals surface area contributed by atoms with Crippen molar-refractivity contribution in [3.05, 3.63) is 111 Å². The van der Waals surface area contributed by atoms with E-state index in [0.717, 1.165) is 5.56 Å². The number of hydrogen-bond donors (Lipinski definition) is 1. The van der Waals surface area contributed by atoms with Crippen LogP contribution in [0.25, 0.3) is 5.69 Å². The van der Waals surface area contributed by atoms with Gasteiger partial charge >= 0.3 is 5.56 Å². The van der Waals surface area contributed by atoms with Gasteiger partial charge in [-0.2, -0.15) is 0 Å². The molecule has 0 saturated carbocycles. The van der Waals surface area contributed by atoms with Crippen LogP contribution in [0.15, 0.2) is 88.6 Å². The van der Waals surface area contributed by atoms with Crippen molar-refractivity contribution in [3.8, 4) is 5.69 Å². The summed E-state index contributed by atoms with van der Waals surface area (Å²) in [6, 6.07) is 23.0. The molecule has 8 heteroatoms. The molecule has 0 aliphatic rings. The minimum Gasteiger partial charge on any atom is -0.855 e. The van der Waals surface area contributed by atoms with Crippen LogP contribution in [0, 0.1) is 0 Å². The second kappa shape index (κ2) is 8.57. The van der Waals surface area contributed by atoms with Crippen LogP contribution in [0.1, 0.15) is 11.3 Å². The number of hydrogen-bond acceptors (Lipinski definition) is 3. The van der Waals surface area contributed by atoms with Gasteiger partial charge in [-0.25, -0.2) is 4.79 Å². The lowest BCUT2D eigenvalue weighted by Crippen LogP contribution is -2.46. The van der Waals surface area contributed by atoms with Crippen molar-refractivity contribution in [2.45, 2.75) is 6.54 Å². The maximum Gasteiger partial charge on any atom is 0.406 e. The number of aliphatic imine (C=N–C) groups is 1. The summed E-state index contributed by atoms with van der Waals surface area (Å²) in [5.74, 6) is -0.703. The lowest BCUT2D eigenvalue weighted by molar-refractivity contribution is -0.749. The van der Waals surface area contributed by atoms with Crippen molar-refractivity contribution in [2.75, 3.05) is 0 Å². The van der Waals surface area contributed by atoms with Gasteiger partial charge < -0.3 is 5.11 Å². The summed E-state index contributed by atoms with van der Waals surface area (Å²) in [6.45, 7) is 0.270. The number of aromatic nitrogens is 3. The number of H-pyrrole nitrogens is 1. The molecule has 0 aliphatic carbocycles. The van der Waals surface area contributed by atoms with E-state index in [2.05, 4.69) is 10.2 Å². The van der Waals surface area contributed by atoms with E-state index >= 15 is 0 Å². The maximum atomic E-state index is 13.2. The van der Waals surface area contributed by atoms with Crippen LogP contribution in [0.4, 0.5) is 5.69 Å². The number of rotatable bonds is 5. The number of para-hydroxylation sites is 2. The SMILES string of the molecule is O=c1c(C([O-])=Nc2ccccc2Cl)[n+](Cc2ccccc2)[nH]n1-c1ccccc1Cl. The van der Waals surface area contributed by atoms with Crippen LogP contribution in [0.5, 0.6) is 0 Å². The Morgan fingerprint density at radius 3 is 2.27 bits per heavy atom. The van der Waals surface area contributed by atoms with Crippen LogP contribution in [-0.2, 0) is 6.54 Å². The molecule has 1 heterocycles. The molecule has 4 aromatic rings. The second-order valence-corrected chi connectivity index (χ2v) is 7.30. The van der Waals surface area contributed by atoms with Gasteiger partial charge in [-0.3, -0.25) is 4.99 Å². The van der Waals surface area contributed by atoms with Gasteiger partial charge in [0.15, 0.2) is 5.69 Å². The molecule has 0 radical (unpaired) electrons. The lowest BCUT2D eigenvalue weighted by Gasteiger charge is -2.08. The first-order valence-electron chi connectivity index (χ1n) is 9.09. The third kappa shape index (κ3) is 4.01. The Morgan fingerprint density at radius 2 is 1.57 bits per heavy atom. The van der Waals surface area contributed by atoms with Crippen molar-refractivity contribution in [3.63, 3.8) is 0 Å². The molecular formula is C22H16Cl2N4O2. The molecule has 0 spiro atoms. The Labute approximate surface area is 182 Å². The second-order valence-electron chi connectivity index (χ2n) is 6.48. The molecule has 0 aliphatic heterocycles. The van der Waals surface area contributed by atoms with E-state index in [9.17, 15) is 9.90 Å². The van der Waals surface area contributed by atoms with Gasteiger partial charge in [-0.15, -0.1) is 4.68 Å². The third-order valence-electron chi connectivity index (χ3n) is 4.45.